The van der Waals surface area contributed by atoms with E-state index in [0.717, 1.165) is 5.56 Å². The topological polar surface area (TPSA) is 40.6 Å². The first kappa shape index (κ1) is 15.5. The van der Waals surface area contributed by atoms with Crippen LogP contribution in [-0.4, -0.2) is 41.2 Å². The fourth-order valence-electron chi connectivity index (χ4n) is 2.69. The van der Waals surface area contributed by atoms with Gasteiger partial charge in [-0.3, -0.25) is 9.59 Å². The van der Waals surface area contributed by atoms with Gasteiger partial charge in [-0.2, -0.15) is 0 Å². The standard InChI is InChI=1S/C16H21FN2O2/c1-11(2)19-10-13(8-15(19)20)16(21)18(3)9-12-5-4-6-14(17)7-12/h4-7,11,13H,8-10H2,1-3H3. The largest absolute Gasteiger partial charge is 0.341 e. The van der Waals surface area contributed by atoms with Gasteiger partial charge in [0.2, 0.25) is 11.8 Å². The lowest BCUT2D eigenvalue weighted by molar-refractivity contribution is -0.135. The number of rotatable bonds is 4. The summed E-state index contributed by atoms with van der Waals surface area (Å²) in [6.07, 6.45) is 0.268. The van der Waals surface area contributed by atoms with E-state index < -0.39 is 0 Å². The molecule has 1 aliphatic heterocycles. The van der Waals surface area contributed by atoms with Gasteiger partial charge in [0.15, 0.2) is 0 Å². The summed E-state index contributed by atoms with van der Waals surface area (Å²) in [6.45, 7) is 4.72. The van der Waals surface area contributed by atoms with E-state index in [0.29, 0.717) is 13.1 Å². The van der Waals surface area contributed by atoms with Crippen LogP contribution in [0, 0.1) is 11.7 Å². The highest BCUT2D eigenvalue weighted by Crippen LogP contribution is 2.22. The Kier molecular flexibility index (Phi) is 4.60. The Hall–Kier alpha value is -1.91. The molecule has 114 valence electrons. The van der Waals surface area contributed by atoms with Gasteiger partial charge in [0.05, 0.1) is 5.92 Å². The van der Waals surface area contributed by atoms with Crippen molar-refractivity contribution in [1.29, 1.82) is 0 Å². The van der Waals surface area contributed by atoms with Gasteiger partial charge in [0.25, 0.3) is 0 Å². The van der Waals surface area contributed by atoms with E-state index in [1.165, 1.54) is 12.1 Å². The van der Waals surface area contributed by atoms with Crippen LogP contribution in [0.3, 0.4) is 0 Å². The van der Waals surface area contributed by atoms with Gasteiger partial charge in [-0.25, -0.2) is 4.39 Å². The number of amides is 2. The van der Waals surface area contributed by atoms with Crippen molar-refractivity contribution in [1.82, 2.24) is 9.80 Å². The molecule has 1 heterocycles. The zero-order chi connectivity index (χ0) is 15.6. The Bertz CT molecular complexity index is 545. The minimum Gasteiger partial charge on any atom is -0.341 e. The second kappa shape index (κ2) is 6.24. The third-order valence-electron chi connectivity index (χ3n) is 3.82. The molecule has 1 aromatic rings. The first-order chi connectivity index (χ1) is 9.88. The summed E-state index contributed by atoms with van der Waals surface area (Å²) >= 11 is 0. The smallest absolute Gasteiger partial charge is 0.228 e. The van der Waals surface area contributed by atoms with E-state index in [2.05, 4.69) is 0 Å². The molecule has 2 amide bonds. The van der Waals surface area contributed by atoms with E-state index in [1.807, 2.05) is 13.8 Å². The summed E-state index contributed by atoms with van der Waals surface area (Å²) in [4.78, 5) is 27.6. The molecule has 0 aliphatic carbocycles. The molecule has 0 saturated carbocycles. The average Bonchev–Trinajstić information content (AvgIpc) is 2.80. The predicted octanol–water partition coefficient (Wildman–Crippen LogP) is 2.04. The third kappa shape index (κ3) is 3.60. The molecular formula is C16H21FN2O2. The fourth-order valence-corrected chi connectivity index (χ4v) is 2.69. The highest BCUT2D eigenvalue weighted by molar-refractivity contribution is 5.89. The van der Waals surface area contributed by atoms with Crippen molar-refractivity contribution in [2.75, 3.05) is 13.6 Å². The van der Waals surface area contributed by atoms with E-state index in [4.69, 9.17) is 0 Å². The Balaban J connectivity index is 1.99. The molecule has 4 nitrogen and oxygen atoms in total. The number of carbonyl (C=O) groups excluding carboxylic acids is 2. The maximum Gasteiger partial charge on any atom is 0.228 e. The summed E-state index contributed by atoms with van der Waals surface area (Å²) in [5.41, 5.74) is 0.746. The quantitative estimate of drug-likeness (QED) is 0.852. The van der Waals surface area contributed by atoms with Crippen molar-refractivity contribution in [2.45, 2.75) is 32.9 Å². The van der Waals surface area contributed by atoms with Crippen molar-refractivity contribution in [3.05, 3.63) is 35.6 Å². The molecule has 0 N–H and O–H groups in total. The van der Waals surface area contributed by atoms with Crippen LogP contribution in [0.5, 0.6) is 0 Å². The van der Waals surface area contributed by atoms with Gasteiger partial charge in [-0.05, 0) is 31.5 Å². The van der Waals surface area contributed by atoms with E-state index in [9.17, 15) is 14.0 Å². The Morgan fingerprint density at radius 1 is 1.48 bits per heavy atom. The average molecular weight is 292 g/mol. The molecule has 0 aromatic heterocycles. The highest BCUT2D eigenvalue weighted by Gasteiger charge is 2.36. The van der Waals surface area contributed by atoms with Crippen LogP contribution < -0.4 is 0 Å². The van der Waals surface area contributed by atoms with Gasteiger partial charge >= 0.3 is 0 Å². The molecule has 5 heteroatoms. The number of hydrogen-bond donors (Lipinski definition) is 0. The van der Waals surface area contributed by atoms with Crippen molar-refractivity contribution in [3.63, 3.8) is 0 Å². The van der Waals surface area contributed by atoms with Crippen molar-refractivity contribution < 1.29 is 14.0 Å². The van der Waals surface area contributed by atoms with Crippen LogP contribution in [0.15, 0.2) is 24.3 Å². The van der Waals surface area contributed by atoms with Gasteiger partial charge in [0.1, 0.15) is 5.82 Å². The second-order valence-electron chi connectivity index (χ2n) is 5.87. The van der Waals surface area contributed by atoms with E-state index in [-0.39, 0.29) is 36.0 Å². The molecule has 1 atom stereocenters. The number of likely N-dealkylation sites (tertiary alicyclic amines) is 1. The number of halogens is 1. The Morgan fingerprint density at radius 2 is 2.19 bits per heavy atom. The molecular weight excluding hydrogens is 271 g/mol. The Morgan fingerprint density at radius 3 is 2.76 bits per heavy atom. The van der Waals surface area contributed by atoms with Crippen LogP contribution in [0.25, 0.3) is 0 Å². The maximum absolute atomic E-state index is 13.2. The highest BCUT2D eigenvalue weighted by atomic mass is 19.1. The molecule has 21 heavy (non-hydrogen) atoms. The minimum atomic E-state index is -0.310. The van der Waals surface area contributed by atoms with Gasteiger partial charge < -0.3 is 9.80 Å². The van der Waals surface area contributed by atoms with Gasteiger partial charge in [-0.15, -0.1) is 0 Å². The molecule has 1 unspecified atom stereocenters. The fraction of sp³-hybridized carbons (Fsp3) is 0.500. The number of nitrogens with zero attached hydrogens (tertiary/aromatic N) is 2. The minimum absolute atomic E-state index is 0.0301. The lowest BCUT2D eigenvalue weighted by atomic mass is 10.1. The zero-order valence-electron chi connectivity index (χ0n) is 12.7. The van der Waals surface area contributed by atoms with Crippen molar-refractivity contribution in [2.24, 2.45) is 5.92 Å². The maximum atomic E-state index is 13.2. The van der Waals surface area contributed by atoms with Crippen molar-refractivity contribution in [3.8, 4) is 0 Å². The summed E-state index contributed by atoms with van der Waals surface area (Å²) in [5, 5.41) is 0. The van der Waals surface area contributed by atoms with Gasteiger partial charge in [-0.1, -0.05) is 12.1 Å². The number of carbonyl (C=O) groups is 2. The van der Waals surface area contributed by atoms with Crippen LogP contribution in [0.1, 0.15) is 25.8 Å². The van der Waals surface area contributed by atoms with Crippen LogP contribution in [0.4, 0.5) is 4.39 Å². The third-order valence-corrected chi connectivity index (χ3v) is 3.82. The van der Waals surface area contributed by atoms with E-state index in [1.54, 1.807) is 29.0 Å². The molecule has 2 rings (SSSR count). The van der Waals surface area contributed by atoms with Gasteiger partial charge in [0, 0.05) is 32.6 Å². The molecule has 1 saturated heterocycles. The van der Waals surface area contributed by atoms with Crippen molar-refractivity contribution >= 4 is 11.8 Å². The summed E-state index contributed by atoms with van der Waals surface area (Å²) in [6, 6.07) is 6.32. The predicted molar refractivity (Wildman–Crippen MR) is 77.8 cm³/mol. The summed E-state index contributed by atoms with van der Waals surface area (Å²) in [5.74, 6) is -0.632. The first-order valence-electron chi connectivity index (χ1n) is 7.17. The summed E-state index contributed by atoms with van der Waals surface area (Å²) < 4.78 is 13.2. The molecule has 0 spiro atoms. The van der Waals surface area contributed by atoms with Crippen LogP contribution >= 0.6 is 0 Å². The molecule has 0 radical (unpaired) electrons. The SMILES string of the molecule is CC(C)N1CC(C(=O)N(C)Cc2cccc(F)c2)CC1=O. The lowest BCUT2D eigenvalue weighted by Gasteiger charge is -2.23. The molecule has 1 aromatic carbocycles. The number of benzene rings is 1. The second-order valence-corrected chi connectivity index (χ2v) is 5.87. The molecule has 0 bridgehead atoms. The normalized spacial score (nSPS) is 18.4. The molecule has 1 aliphatic rings. The van der Waals surface area contributed by atoms with E-state index >= 15 is 0 Å². The summed E-state index contributed by atoms with van der Waals surface area (Å²) in [7, 11) is 1.69. The zero-order valence-corrected chi connectivity index (χ0v) is 12.7. The Labute approximate surface area is 124 Å². The lowest BCUT2D eigenvalue weighted by Crippen LogP contribution is -2.36. The van der Waals surface area contributed by atoms with Crippen LogP contribution in [-0.2, 0) is 16.1 Å². The number of hydrogen-bond acceptors (Lipinski definition) is 2. The van der Waals surface area contributed by atoms with Crippen LogP contribution in [0.2, 0.25) is 0 Å². The first-order valence-corrected chi connectivity index (χ1v) is 7.17. The molecule has 1 fully saturated rings. The monoisotopic (exact) mass is 292 g/mol.